The van der Waals surface area contributed by atoms with E-state index in [1.807, 2.05) is 0 Å². The number of nitrogen functional groups attached to an aromatic ring is 1. The van der Waals surface area contributed by atoms with Gasteiger partial charge in [0, 0.05) is 36.8 Å². The van der Waals surface area contributed by atoms with Gasteiger partial charge in [0.2, 0.25) is 18.0 Å². The Morgan fingerprint density at radius 1 is 1.19 bits per heavy atom. The van der Waals surface area contributed by atoms with E-state index in [9.17, 15) is 38.7 Å². The van der Waals surface area contributed by atoms with Crippen LogP contribution in [0.25, 0.3) is 0 Å². The second-order valence-corrected chi connectivity index (χ2v) is 13.1. The fourth-order valence-electron chi connectivity index (χ4n) is 5.10. The number of carboxylic acid groups (broad SMARTS) is 1. The number of hydrogen-bond acceptors (Lipinski definition) is 14. The standard InChI is InChI=1S/C26H27N9O8S3.Na/c1-2-33-7-8-34(20(39)19(33)38)24(43)30-16(13-3-5-15(27)6-4-13)18(37)31-26(28-11-36)22(42)35-17(21(40)41)14(9-44-23(26)35)10-45-25-32-29-12-46-25;/h3-6,11-12,16,23H,2,7-10,27H2,1H3,(H,28,36)(H,30,43)(H,31,37)(H,40,41);/q;+1/p-1/t16?,23-,26+;/m0./s1. The molecule has 0 spiro atoms. The number of aromatic nitrogens is 2. The van der Waals surface area contributed by atoms with Crippen molar-refractivity contribution in [2.24, 2.45) is 0 Å². The van der Waals surface area contributed by atoms with Crippen LogP contribution in [0.15, 0.2) is 45.4 Å². The summed E-state index contributed by atoms with van der Waals surface area (Å²) in [6.07, 6.45) is 0.188. The number of rotatable bonds is 11. The monoisotopic (exact) mass is 711 g/mol. The first-order chi connectivity index (χ1) is 22.0. The molecule has 21 heteroatoms. The molecule has 3 aliphatic heterocycles. The maximum atomic E-state index is 13.9. The number of carboxylic acids is 1. The molecule has 1 aromatic carbocycles. The van der Waals surface area contributed by atoms with Crippen LogP contribution in [-0.2, 0) is 28.8 Å². The molecule has 2 fully saturated rings. The van der Waals surface area contributed by atoms with Crippen LogP contribution in [0.1, 0.15) is 18.5 Å². The number of anilines is 1. The summed E-state index contributed by atoms with van der Waals surface area (Å²) in [7, 11) is 0. The van der Waals surface area contributed by atoms with Gasteiger partial charge in [-0.1, -0.05) is 35.2 Å². The minimum Gasteiger partial charge on any atom is -0.543 e. The molecular formula is C26H26N9NaO8S3. The van der Waals surface area contributed by atoms with E-state index < -0.39 is 52.7 Å². The number of piperazine rings is 1. The molecule has 5 N–H and O–H groups in total. The quantitative estimate of drug-likeness (QED) is 0.0325. The molecule has 3 atom stereocenters. The first-order valence-electron chi connectivity index (χ1n) is 13.6. The first kappa shape index (κ1) is 36.2. The number of nitrogens with zero attached hydrogens (tertiary/aromatic N) is 5. The zero-order valence-corrected chi connectivity index (χ0v) is 29.4. The number of benzene rings is 1. The van der Waals surface area contributed by atoms with Crippen LogP contribution in [0, 0.1) is 0 Å². The van der Waals surface area contributed by atoms with Crippen LogP contribution in [0.5, 0.6) is 0 Å². The van der Waals surface area contributed by atoms with Gasteiger partial charge in [-0.2, -0.15) is 0 Å². The van der Waals surface area contributed by atoms with E-state index in [-0.39, 0.29) is 78.4 Å². The van der Waals surface area contributed by atoms with Crippen LogP contribution in [0.2, 0.25) is 0 Å². The SMILES string of the molecule is CCN1CCN(C(=O)NC(C(=O)N[C@]2(NC=O)C(=O)N3C(C(=O)[O-])=C(CSc4nncs4)CS[C@H]32)c2ccc(N)cc2)C(=O)C1=O.[Na+]. The molecule has 0 radical (unpaired) electrons. The Morgan fingerprint density at radius 3 is 2.53 bits per heavy atom. The predicted octanol–water partition coefficient (Wildman–Crippen LogP) is -5.16. The molecular weight excluding hydrogens is 686 g/mol. The van der Waals surface area contributed by atoms with Crippen molar-refractivity contribution in [1.82, 2.24) is 40.8 Å². The topological polar surface area (TPSA) is 240 Å². The summed E-state index contributed by atoms with van der Waals surface area (Å²) in [4.78, 5) is 92.7. The summed E-state index contributed by atoms with van der Waals surface area (Å²) in [5, 5.41) is 26.0. The van der Waals surface area contributed by atoms with Crippen molar-refractivity contribution < 1.29 is 68.2 Å². The number of carbonyl (C=O) groups is 7. The molecule has 3 aliphatic rings. The minimum atomic E-state index is -2.10. The molecule has 47 heavy (non-hydrogen) atoms. The van der Waals surface area contributed by atoms with Crippen LogP contribution in [-0.4, -0.2) is 109 Å². The Balaban J connectivity index is 0.00000500. The molecule has 0 bridgehead atoms. The van der Waals surface area contributed by atoms with Crippen molar-refractivity contribution >= 4 is 82.6 Å². The van der Waals surface area contributed by atoms with Crippen molar-refractivity contribution in [2.75, 3.05) is 36.9 Å². The molecule has 4 heterocycles. The number of nitrogens with two attached hydrogens (primary N) is 1. The van der Waals surface area contributed by atoms with E-state index in [4.69, 9.17) is 5.73 Å². The third-order valence-corrected chi connectivity index (χ3v) is 10.7. The van der Waals surface area contributed by atoms with Crippen molar-refractivity contribution in [1.29, 1.82) is 0 Å². The van der Waals surface area contributed by atoms with E-state index in [0.29, 0.717) is 20.5 Å². The van der Waals surface area contributed by atoms with E-state index >= 15 is 0 Å². The second-order valence-electron chi connectivity index (χ2n) is 10.0. The molecule has 5 rings (SSSR count). The maximum Gasteiger partial charge on any atom is 1.00 e. The van der Waals surface area contributed by atoms with Gasteiger partial charge in [-0.15, -0.1) is 22.0 Å². The van der Waals surface area contributed by atoms with Gasteiger partial charge in [0.25, 0.3) is 5.91 Å². The number of hydrogen-bond donors (Lipinski definition) is 4. The number of amides is 7. The Morgan fingerprint density at radius 2 is 1.91 bits per heavy atom. The molecule has 242 valence electrons. The number of fused-ring (bicyclic) bond motifs is 1. The van der Waals surface area contributed by atoms with Crippen LogP contribution >= 0.6 is 34.9 Å². The van der Waals surface area contributed by atoms with Crippen LogP contribution < -0.4 is 56.3 Å². The van der Waals surface area contributed by atoms with Crippen molar-refractivity contribution in [2.45, 2.75) is 28.3 Å². The number of likely N-dealkylation sites (N-methyl/N-ethyl adjacent to an activating group) is 1. The van der Waals surface area contributed by atoms with Crippen molar-refractivity contribution in [3.8, 4) is 0 Å². The average molecular weight is 712 g/mol. The number of thioether (sulfide) groups is 2. The van der Waals surface area contributed by atoms with Crippen LogP contribution in [0.3, 0.4) is 0 Å². The Labute approximate surface area is 301 Å². The summed E-state index contributed by atoms with van der Waals surface area (Å²) in [5.41, 5.74) is 5.73. The van der Waals surface area contributed by atoms with Gasteiger partial charge in [-0.25, -0.2) is 4.79 Å². The Kier molecular flexibility index (Phi) is 11.6. The Hall–Kier alpha value is -3.69. The zero-order chi connectivity index (χ0) is 33.2. The Bertz CT molecular complexity index is 1630. The first-order valence-corrected chi connectivity index (χ1v) is 16.5. The van der Waals surface area contributed by atoms with Gasteiger partial charge in [-0.05, 0) is 30.2 Å². The third kappa shape index (κ3) is 6.97. The molecule has 1 unspecified atom stereocenters. The van der Waals surface area contributed by atoms with Crippen molar-refractivity contribution in [3.05, 3.63) is 46.6 Å². The number of nitrogens with one attached hydrogen (secondary N) is 3. The summed E-state index contributed by atoms with van der Waals surface area (Å²) in [5.74, 6) is -5.23. The molecule has 2 saturated heterocycles. The number of β-lactam (4-membered cyclic amide) rings is 1. The van der Waals surface area contributed by atoms with E-state index in [2.05, 4.69) is 26.1 Å². The average Bonchev–Trinajstić information content (AvgIpc) is 3.57. The molecule has 0 aliphatic carbocycles. The summed E-state index contributed by atoms with van der Waals surface area (Å²) >= 11 is 3.58. The predicted molar refractivity (Wildman–Crippen MR) is 162 cm³/mol. The molecule has 2 aromatic rings. The second kappa shape index (κ2) is 15.0. The third-order valence-electron chi connectivity index (χ3n) is 7.40. The maximum absolute atomic E-state index is 13.9. The largest absolute Gasteiger partial charge is 1.00 e. The van der Waals surface area contributed by atoms with E-state index in [1.165, 1.54) is 57.8 Å². The molecule has 7 amide bonds. The number of aliphatic carboxylic acids is 1. The summed E-state index contributed by atoms with van der Waals surface area (Å²) in [6, 6.07) is 3.20. The fourth-order valence-corrected chi connectivity index (χ4v) is 8.15. The summed E-state index contributed by atoms with van der Waals surface area (Å²) in [6.45, 7) is 1.93. The smallest absolute Gasteiger partial charge is 0.543 e. The van der Waals surface area contributed by atoms with Gasteiger partial charge in [-0.3, -0.25) is 33.8 Å². The van der Waals surface area contributed by atoms with E-state index in [1.54, 1.807) is 6.92 Å². The molecule has 0 saturated carbocycles. The number of carbonyl (C=O) groups excluding carboxylic acids is 7. The van der Waals surface area contributed by atoms with Gasteiger partial charge in [0.05, 0.1) is 11.7 Å². The molecule has 1 aromatic heterocycles. The number of imide groups is 1. The van der Waals surface area contributed by atoms with Crippen molar-refractivity contribution in [3.63, 3.8) is 0 Å². The minimum absolute atomic E-state index is 0. The van der Waals surface area contributed by atoms with E-state index in [0.717, 1.165) is 16.7 Å². The molecule has 17 nitrogen and oxygen atoms in total. The van der Waals surface area contributed by atoms with Gasteiger partial charge >= 0.3 is 47.4 Å². The van der Waals surface area contributed by atoms with Crippen LogP contribution in [0.4, 0.5) is 10.5 Å². The normalized spacial score (nSPS) is 21.3. The number of urea groups is 1. The zero-order valence-electron chi connectivity index (χ0n) is 25.0. The van der Waals surface area contributed by atoms with Gasteiger partial charge in [0.15, 0.2) is 4.34 Å². The summed E-state index contributed by atoms with van der Waals surface area (Å²) < 4.78 is 0.588. The van der Waals surface area contributed by atoms with Gasteiger partial charge in [0.1, 0.15) is 16.9 Å². The van der Waals surface area contributed by atoms with Gasteiger partial charge < -0.3 is 36.5 Å². The fraction of sp³-hybridized carbons (Fsp3) is 0.346.